The van der Waals surface area contributed by atoms with E-state index in [0.29, 0.717) is 0 Å². The molecule has 1 heterocycles. The van der Waals surface area contributed by atoms with Gasteiger partial charge in [-0.05, 0) is 30.7 Å². The van der Waals surface area contributed by atoms with Crippen LogP contribution in [-0.4, -0.2) is 18.6 Å². The number of aromatic nitrogens is 1. The maximum Gasteiger partial charge on any atom is 0.119 e. The van der Waals surface area contributed by atoms with E-state index in [4.69, 9.17) is 4.74 Å². The summed E-state index contributed by atoms with van der Waals surface area (Å²) in [6.45, 7) is 1.86. The van der Waals surface area contributed by atoms with E-state index < -0.39 is 0 Å². The summed E-state index contributed by atoms with van der Waals surface area (Å²) < 4.78 is 5.19. The molecular formula is C13H16N2OS. The summed E-state index contributed by atoms with van der Waals surface area (Å²) in [6, 6.07) is 8.19. The summed E-state index contributed by atoms with van der Waals surface area (Å²) >= 11 is 1.68. The van der Waals surface area contributed by atoms with Crippen LogP contribution in [0.15, 0.2) is 36.0 Å². The largest absolute Gasteiger partial charge is 0.497 e. The van der Waals surface area contributed by atoms with Gasteiger partial charge < -0.3 is 10.1 Å². The third-order valence-corrected chi connectivity index (χ3v) is 3.29. The smallest absolute Gasteiger partial charge is 0.119 e. The molecule has 0 radical (unpaired) electrons. The standard InChI is InChI=1S/C13H16N2OS/c1-16-12-4-2-3-11(7-12)5-6-14-8-13-9-15-10-17-13/h2-4,7,9-10,14H,5-6,8H2,1H3. The van der Waals surface area contributed by atoms with Crippen LogP contribution in [0.5, 0.6) is 5.75 Å². The van der Waals surface area contributed by atoms with Crippen LogP contribution in [0.2, 0.25) is 0 Å². The van der Waals surface area contributed by atoms with Crippen molar-refractivity contribution in [1.82, 2.24) is 10.3 Å². The van der Waals surface area contributed by atoms with Gasteiger partial charge in [0.1, 0.15) is 5.75 Å². The monoisotopic (exact) mass is 248 g/mol. The predicted octanol–water partition coefficient (Wildman–Crippen LogP) is 2.48. The summed E-state index contributed by atoms with van der Waals surface area (Å²) in [6.07, 6.45) is 2.92. The molecule has 0 unspecified atom stereocenters. The molecule has 1 aromatic carbocycles. The van der Waals surface area contributed by atoms with Crippen LogP contribution in [0.3, 0.4) is 0 Å². The highest BCUT2D eigenvalue weighted by atomic mass is 32.1. The normalized spacial score (nSPS) is 10.4. The molecule has 2 rings (SSSR count). The Morgan fingerprint density at radius 1 is 1.41 bits per heavy atom. The zero-order chi connectivity index (χ0) is 11.9. The number of nitrogens with zero attached hydrogens (tertiary/aromatic N) is 1. The van der Waals surface area contributed by atoms with Gasteiger partial charge in [-0.15, -0.1) is 11.3 Å². The number of hydrogen-bond acceptors (Lipinski definition) is 4. The molecule has 2 aromatic rings. The first-order valence-corrected chi connectivity index (χ1v) is 6.47. The fourth-order valence-corrected chi connectivity index (χ4v) is 2.17. The lowest BCUT2D eigenvalue weighted by molar-refractivity contribution is 0.414. The van der Waals surface area contributed by atoms with Gasteiger partial charge in [-0.2, -0.15) is 0 Å². The van der Waals surface area contributed by atoms with Gasteiger partial charge in [-0.3, -0.25) is 4.98 Å². The van der Waals surface area contributed by atoms with Crippen molar-refractivity contribution in [1.29, 1.82) is 0 Å². The molecule has 0 spiro atoms. The highest BCUT2D eigenvalue weighted by Crippen LogP contribution is 2.12. The molecule has 0 fully saturated rings. The molecule has 4 heteroatoms. The molecule has 0 aliphatic carbocycles. The van der Waals surface area contributed by atoms with Gasteiger partial charge in [0.05, 0.1) is 12.6 Å². The molecule has 0 saturated carbocycles. The van der Waals surface area contributed by atoms with Crippen LogP contribution in [0, 0.1) is 0 Å². The second-order valence-corrected chi connectivity index (χ2v) is 4.72. The number of methoxy groups -OCH3 is 1. The summed E-state index contributed by atoms with van der Waals surface area (Å²) in [7, 11) is 1.70. The Kier molecular flexibility index (Phi) is 4.53. The fourth-order valence-electron chi connectivity index (χ4n) is 1.60. The van der Waals surface area contributed by atoms with E-state index in [1.54, 1.807) is 18.4 Å². The second-order valence-electron chi connectivity index (χ2n) is 3.75. The van der Waals surface area contributed by atoms with Gasteiger partial charge in [0.15, 0.2) is 0 Å². The lowest BCUT2D eigenvalue weighted by Crippen LogP contribution is -2.15. The van der Waals surface area contributed by atoms with Crippen LogP contribution in [-0.2, 0) is 13.0 Å². The van der Waals surface area contributed by atoms with E-state index in [9.17, 15) is 0 Å². The van der Waals surface area contributed by atoms with Crippen LogP contribution in [0.4, 0.5) is 0 Å². The third kappa shape index (κ3) is 3.84. The Morgan fingerprint density at radius 2 is 2.35 bits per heavy atom. The maximum absolute atomic E-state index is 5.19. The Balaban J connectivity index is 1.74. The number of nitrogens with one attached hydrogen (secondary N) is 1. The molecule has 17 heavy (non-hydrogen) atoms. The highest BCUT2D eigenvalue weighted by Gasteiger charge is 1.97. The zero-order valence-corrected chi connectivity index (χ0v) is 10.7. The van der Waals surface area contributed by atoms with E-state index in [2.05, 4.69) is 22.4 Å². The molecule has 3 nitrogen and oxygen atoms in total. The fraction of sp³-hybridized carbons (Fsp3) is 0.308. The molecular weight excluding hydrogens is 232 g/mol. The van der Waals surface area contributed by atoms with E-state index >= 15 is 0 Å². The molecule has 0 aliphatic rings. The first-order valence-electron chi connectivity index (χ1n) is 5.59. The number of benzene rings is 1. The Hall–Kier alpha value is -1.39. The van der Waals surface area contributed by atoms with Crippen molar-refractivity contribution in [2.24, 2.45) is 0 Å². The van der Waals surface area contributed by atoms with E-state index in [0.717, 1.165) is 25.3 Å². The first-order chi connectivity index (χ1) is 8.38. The third-order valence-electron chi connectivity index (χ3n) is 2.51. The average molecular weight is 248 g/mol. The SMILES string of the molecule is COc1cccc(CCNCc2cncs2)c1. The molecule has 0 amide bonds. The van der Waals surface area contributed by atoms with Gasteiger partial charge >= 0.3 is 0 Å². The van der Waals surface area contributed by atoms with Gasteiger partial charge in [0.25, 0.3) is 0 Å². The molecule has 0 aliphatic heterocycles. The topological polar surface area (TPSA) is 34.1 Å². The first kappa shape index (κ1) is 12.1. The van der Waals surface area contributed by atoms with Crippen molar-refractivity contribution >= 4 is 11.3 Å². The lowest BCUT2D eigenvalue weighted by atomic mass is 10.1. The minimum absolute atomic E-state index is 0.897. The van der Waals surface area contributed by atoms with Crippen molar-refractivity contribution < 1.29 is 4.74 Å². The summed E-state index contributed by atoms with van der Waals surface area (Å²) in [5.74, 6) is 0.921. The summed E-state index contributed by atoms with van der Waals surface area (Å²) in [5.41, 5.74) is 3.15. The Labute approximate surface area is 105 Å². The molecule has 0 bridgehead atoms. The highest BCUT2D eigenvalue weighted by molar-refractivity contribution is 7.09. The van der Waals surface area contributed by atoms with Crippen LogP contribution >= 0.6 is 11.3 Å². The number of hydrogen-bond donors (Lipinski definition) is 1. The van der Waals surface area contributed by atoms with Crippen LogP contribution < -0.4 is 10.1 Å². The summed E-state index contributed by atoms with van der Waals surface area (Å²) in [5, 5.41) is 3.40. The van der Waals surface area contributed by atoms with Gasteiger partial charge in [-0.25, -0.2) is 0 Å². The average Bonchev–Trinajstić information content (AvgIpc) is 2.88. The van der Waals surface area contributed by atoms with Crippen LogP contribution in [0.25, 0.3) is 0 Å². The van der Waals surface area contributed by atoms with E-state index in [1.807, 2.05) is 23.8 Å². The molecule has 0 atom stereocenters. The minimum atomic E-state index is 0.897. The van der Waals surface area contributed by atoms with Crippen molar-refractivity contribution in [3.8, 4) is 5.75 Å². The lowest BCUT2D eigenvalue weighted by Gasteiger charge is -2.05. The number of ether oxygens (including phenoxy) is 1. The van der Waals surface area contributed by atoms with Gasteiger partial charge in [0, 0.05) is 17.6 Å². The minimum Gasteiger partial charge on any atom is -0.497 e. The van der Waals surface area contributed by atoms with Gasteiger partial charge in [-0.1, -0.05) is 12.1 Å². The maximum atomic E-state index is 5.19. The second kappa shape index (κ2) is 6.37. The molecule has 1 N–H and O–H groups in total. The van der Waals surface area contributed by atoms with Crippen molar-refractivity contribution in [2.45, 2.75) is 13.0 Å². The van der Waals surface area contributed by atoms with E-state index in [-0.39, 0.29) is 0 Å². The quantitative estimate of drug-likeness (QED) is 0.797. The number of thiazole rings is 1. The zero-order valence-electron chi connectivity index (χ0n) is 9.85. The van der Waals surface area contributed by atoms with Crippen molar-refractivity contribution in [3.63, 3.8) is 0 Å². The van der Waals surface area contributed by atoms with Crippen molar-refractivity contribution in [3.05, 3.63) is 46.4 Å². The number of rotatable bonds is 6. The molecule has 0 saturated heterocycles. The summed E-state index contributed by atoms with van der Waals surface area (Å²) in [4.78, 5) is 5.32. The Bertz CT molecular complexity index is 442. The molecule has 90 valence electrons. The molecule has 1 aromatic heterocycles. The predicted molar refractivity (Wildman–Crippen MR) is 70.5 cm³/mol. The van der Waals surface area contributed by atoms with E-state index in [1.165, 1.54) is 10.4 Å². The van der Waals surface area contributed by atoms with Crippen LogP contribution in [0.1, 0.15) is 10.4 Å². The van der Waals surface area contributed by atoms with Crippen molar-refractivity contribution in [2.75, 3.05) is 13.7 Å². The van der Waals surface area contributed by atoms with Gasteiger partial charge in [0.2, 0.25) is 0 Å². The Morgan fingerprint density at radius 3 is 3.12 bits per heavy atom.